The second kappa shape index (κ2) is 16.9. The number of rotatable bonds is 10. The van der Waals surface area contributed by atoms with Crippen LogP contribution in [-0.4, -0.2) is 102 Å². The van der Waals surface area contributed by atoms with E-state index in [4.69, 9.17) is 24.2 Å². The summed E-state index contributed by atoms with van der Waals surface area (Å²) in [7, 11) is 2.59. The third-order valence-electron chi connectivity index (χ3n) is 11.6. The Kier molecular flexibility index (Phi) is 11.7. The predicted molar refractivity (Wildman–Crippen MR) is 213 cm³/mol. The number of methoxy groups -OCH3 is 2. The number of nitrogens with one attached hydrogen (secondary N) is 4. The minimum absolute atomic E-state index is 0.0322. The van der Waals surface area contributed by atoms with Crippen LogP contribution < -0.4 is 20.7 Å². The summed E-state index contributed by atoms with van der Waals surface area (Å²) < 4.78 is 16.0. The van der Waals surface area contributed by atoms with E-state index in [0.29, 0.717) is 19.6 Å². The van der Waals surface area contributed by atoms with Crippen LogP contribution in [0, 0.1) is 11.8 Å². The van der Waals surface area contributed by atoms with Crippen molar-refractivity contribution in [2.24, 2.45) is 16.8 Å². The summed E-state index contributed by atoms with van der Waals surface area (Å²) in [6.07, 6.45) is 5.43. The third-order valence-corrected chi connectivity index (χ3v) is 11.6. The molecule has 0 saturated carbocycles. The van der Waals surface area contributed by atoms with E-state index >= 15 is 0 Å². The molecule has 0 bridgehead atoms. The van der Waals surface area contributed by atoms with Crippen LogP contribution in [0.25, 0.3) is 11.3 Å². The molecule has 1 unspecified atom stereocenters. The number of amides is 4. The summed E-state index contributed by atoms with van der Waals surface area (Å²) in [5.41, 5.74) is 5.14. The van der Waals surface area contributed by atoms with Gasteiger partial charge < -0.3 is 44.9 Å². The van der Waals surface area contributed by atoms with Crippen molar-refractivity contribution in [2.45, 2.75) is 96.4 Å². The van der Waals surface area contributed by atoms with E-state index in [-0.39, 0.29) is 41.8 Å². The second-order valence-electron chi connectivity index (χ2n) is 16.0. The van der Waals surface area contributed by atoms with Crippen LogP contribution >= 0.6 is 0 Å². The van der Waals surface area contributed by atoms with Gasteiger partial charge in [-0.25, -0.2) is 14.6 Å². The van der Waals surface area contributed by atoms with Crippen molar-refractivity contribution >= 4 is 29.8 Å². The number of H-pyrrole nitrogens is 1. The number of aliphatic imine (C=N–C) groups is 1. The largest absolute Gasteiger partial charge is 0.457 e. The Morgan fingerprint density at radius 1 is 0.807 bits per heavy atom. The van der Waals surface area contributed by atoms with Gasteiger partial charge in [-0.1, -0.05) is 33.8 Å². The van der Waals surface area contributed by atoms with E-state index in [0.717, 1.165) is 89.6 Å². The van der Waals surface area contributed by atoms with Gasteiger partial charge in [-0.15, -0.1) is 0 Å². The number of likely N-dealkylation sites (tertiary alicyclic amines) is 2. The molecule has 2 aromatic carbocycles. The van der Waals surface area contributed by atoms with Gasteiger partial charge in [0, 0.05) is 18.7 Å². The fourth-order valence-corrected chi connectivity index (χ4v) is 8.43. The maximum Gasteiger partial charge on any atom is 0.407 e. The number of carbonyl (C=O) groups excluding carboxylic acids is 4. The summed E-state index contributed by atoms with van der Waals surface area (Å²) >= 11 is 0. The van der Waals surface area contributed by atoms with Gasteiger partial charge in [-0.05, 0) is 97.4 Å². The zero-order chi connectivity index (χ0) is 40.4. The third kappa shape index (κ3) is 8.28. The smallest absolute Gasteiger partial charge is 0.407 e. The highest BCUT2D eigenvalue weighted by Gasteiger charge is 2.40. The number of benzene rings is 2. The molecule has 57 heavy (non-hydrogen) atoms. The maximum atomic E-state index is 13.6. The Hall–Kier alpha value is -5.60. The molecule has 3 aromatic rings. The zero-order valence-corrected chi connectivity index (χ0v) is 33.6. The molecular formula is C42H54N8O7. The van der Waals surface area contributed by atoms with Gasteiger partial charge in [0.25, 0.3) is 0 Å². The number of hydrogen-bond donors (Lipinski definition) is 4. The zero-order valence-electron chi connectivity index (χ0n) is 33.6. The number of nitrogens with zero attached hydrogens (tertiary/aromatic N) is 4. The summed E-state index contributed by atoms with van der Waals surface area (Å²) in [5.74, 6) is 2.69. The molecule has 304 valence electrons. The van der Waals surface area contributed by atoms with E-state index in [9.17, 15) is 19.2 Å². The summed E-state index contributed by atoms with van der Waals surface area (Å²) in [6.45, 7) is 9.39. The monoisotopic (exact) mass is 782 g/mol. The van der Waals surface area contributed by atoms with Crippen molar-refractivity contribution in [3.8, 4) is 22.8 Å². The molecule has 1 aromatic heterocycles. The molecule has 4 amide bonds. The molecule has 0 radical (unpaired) electrons. The number of carbonyl (C=O) groups is 4. The van der Waals surface area contributed by atoms with Gasteiger partial charge in [-0.2, -0.15) is 0 Å². The van der Waals surface area contributed by atoms with Crippen molar-refractivity contribution in [3.05, 3.63) is 65.1 Å². The van der Waals surface area contributed by atoms with Crippen molar-refractivity contribution in [1.82, 2.24) is 35.7 Å². The Balaban J connectivity index is 1.000. The molecule has 4 aliphatic rings. The molecule has 4 N–H and O–H groups in total. The second-order valence-corrected chi connectivity index (χ2v) is 16.0. The van der Waals surface area contributed by atoms with Crippen molar-refractivity contribution in [2.75, 3.05) is 33.9 Å². The number of ether oxygens (including phenoxy) is 3. The highest BCUT2D eigenvalue weighted by molar-refractivity contribution is 5.95. The van der Waals surface area contributed by atoms with Gasteiger partial charge in [-0.3, -0.25) is 14.6 Å². The summed E-state index contributed by atoms with van der Waals surface area (Å²) in [4.78, 5) is 68.0. The first-order chi connectivity index (χ1) is 27.4. The molecular weight excluding hydrogens is 729 g/mol. The molecule has 4 aliphatic heterocycles. The van der Waals surface area contributed by atoms with Gasteiger partial charge >= 0.3 is 12.2 Å². The highest BCUT2D eigenvalue weighted by Crippen LogP contribution is 2.38. The number of fused-ring (bicyclic) bond motifs is 2. The number of hydrogen-bond acceptors (Lipinski definition) is 10. The normalized spacial score (nSPS) is 21.1. The number of aromatic amines is 1. The Morgan fingerprint density at radius 2 is 1.39 bits per heavy atom. The van der Waals surface area contributed by atoms with Gasteiger partial charge in [0.2, 0.25) is 11.8 Å². The minimum atomic E-state index is -0.695. The molecule has 2 fully saturated rings. The first-order valence-electron chi connectivity index (χ1n) is 20.0. The highest BCUT2D eigenvalue weighted by atomic mass is 16.5. The van der Waals surface area contributed by atoms with Crippen LogP contribution in [0.15, 0.2) is 47.6 Å². The number of imidazole rings is 1. The predicted octanol–water partition coefficient (Wildman–Crippen LogP) is 5.43. The molecule has 0 aliphatic carbocycles. The van der Waals surface area contributed by atoms with Gasteiger partial charge in [0.15, 0.2) is 0 Å². The lowest BCUT2D eigenvalue weighted by molar-refractivity contribution is -0.135. The van der Waals surface area contributed by atoms with E-state index in [1.165, 1.54) is 14.2 Å². The number of aromatic nitrogens is 2. The molecule has 7 rings (SSSR count). The topological polar surface area (TPSA) is 180 Å². The van der Waals surface area contributed by atoms with Crippen LogP contribution in [0.2, 0.25) is 0 Å². The number of alkyl carbamates (subject to hydrolysis) is 2. The SMILES string of the molecule is COC(=O)N[C@H](C(=O)N1CCC[C@H]1C1=NCC(c2ccc3c(c2)CCc2cc(-c4cnc([C@@H]5CCCN5C(=O)[C@@H](NC(=O)OC)C(C)C)[nH]4)ccc2O3)N1)C(C)C. The fourth-order valence-electron chi connectivity index (χ4n) is 8.43. The van der Waals surface area contributed by atoms with Crippen molar-refractivity contribution in [1.29, 1.82) is 0 Å². The molecule has 5 heterocycles. The van der Waals surface area contributed by atoms with Crippen LogP contribution in [0.5, 0.6) is 11.5 Å². The van der Waals surface area contributed by atoms with Crippen molar-refractivity contribution < 1.29 is 33.4 Å². The van der Waals surface area contributed by atoms with Crippen LogP contribution in [0.1, 0.15) is 88.0 Å². The molecule has 2 saturated heterocycles. The molecule has 15 heteroatoms. The lowest BCUT2D eigenvalue weighted by Gasteiger charge is -2.31. The summed E-state index contributed by atoms with van der Waals surface area (Å²) in [5, 5.41) is 9.04. The standard InChI is InChI=1S/C42H54N8O7/c1-23(2)35(47-41(53)55-5)39(51)49-17-7-9-31(49)37-43-21-29(45-37)25-13-15-33-27(19-25)11-12-28-20-26(14-16-34(28)57-33)30-22-44-38(46-30)32-10-8-18-50(32)40(52)36(24(3)4)48-42(54)56-6/h13-16,19-21,23-24,30-32,35-36H,7-12,17-18,22H2,1-6H3,(H,43,45)(H,44,46)(H,47,53)(H,48,54)/t30?,31-,32-,35-,36-/m0/s1. The first kappa shape index (κ1) is 39.6. The average molecular weight is 783 g/mol. The first-order valence-corrected chi connectivity index (χ1v) is 20.0. The molecule has 15 nitrogen and oxygen atoms in total. The number of amidine groups is 1. The summed E-state index contributed by atoms with van der Waals surface area (Å²) in [6, 6.07) is 10.7. The lowest BCUT2D eigenvalue weighted by atomic mass is 9.98. The van der Waals surface area contributed by atoms with Crippen LogP contribution in [0.4, 0.5) is 9.59 Å². The molecule has 5 atom stereocenters. The van der Waals surface area contributed by atoms with E-state index in [1.54, 1.807) is 0 Å². The lowest BCUT2D eigenvalue weighted by Crippen LogP contribution is -2.54. The molecule has 0 spiro atoms. The van der Waals surface area contributed by atoms with Crippen LogP contribution in [-0.2, 0) is 31.9 Å². The maximum absolute atomic E-state index is 13.6. The van der Waals surface area contributed by atoms with Gasteiger partial charge in [0.1, 0.15) is 35.2 Å². The van der Waals surface area contributed by atoms with E-state index in [1.807, 2.05) is 61.9 Å². The van der Waals surface area contributed by atoms with Gasteiger partial charge in [0.05, 0.1) is 50.8 Å². The Morgan fingerprint density at radius 3 is 2.00 bits per heavy atom. The van der Waals surface area contributed by atoms with E-state index < -0.39 is 24.3 Å². The van der Waals surface area contributed by atoms with Crippen LogP contribution in [0.3, 0.4) is 0 Å². The minimum Gasteiger partial charge on any atom is -0.457 e. The fraction of sp³-hybridized carbons (Fsp3) is 0.524. The Bertz CT molecular complexity index is 2030. The van der Waals surface area contributed by atoms with Crippen molar-refractivity contribution in [3.63, 3.8) is 0 Å². The quantitative estimate of drug-likeness (QED) is 0.209. The van der Waals surface area contributed by atoms with E-state index in [2.05, 4.69) is 39.1 Å². The number of aryl methyl sites for hydroxylation is 2. The Labute approximate surface area is 333 Å². The average Bonchev–Trinajstić information content (AvgIpc) is 4.04.